The van der Waals surface area contributed by atoms with Crippen LogP contribution in [0.2, 0.25) is 10.0 Å². The van der Waals surface area contributed by atoms with Crippen molar-refractivity contribution in [2.75, 3.05) is 0 Å². The highest BCUT2D eigenvalue weighted by Crippen LogP contribution is 2.32. The molecule has 0 fully saturated rings. The Hall–Kier alpha value is -1.80. The molecule has 3 aromatic carbocycles. The van der Waals surface area contributed by atoms with E-state index in [0.29, 0.717) is 28.0 Å². The molecule has 1 heterocycles. The second-order valence-electron chi connectivity index (χ2n) is 6.61. The molecular weight excluding hydrogens is 659 g/mol. The van der Waals surface area contributed by atoms with Crippen molar-refractivity contribution in [1.82, 2.24) is 9.97 Å². The van der Waals surface area contributed by atoms with Gasteiger partial charge in [-0.3, -0.25) is 0 Å². The van der Waals surface area contributed by atoms with Crippen LogP contribution < -0.4 is 4.74 Å². The molecule has 8 heteroatoms. The van der Waals surface area contributed by atoms with E-state index in [1.165, 1.54) is 0 Å². The third-order valence-corrected chi connectivity index (χ3v) is 6.67. The maximum Gasteiger partial charge on any atom is 0.149 e. The zero-order chi connectivity index (χ0) is 22.0. The van der Waals surface area contributed by atoms with Crippen molar-refractivity contribution in [2.24, 2.45) is 0 Å². The average molecular weight is 672 g/mol. The maximum atomic E-state index is 9.69. The molecule has 0 aliphatic rings. The maximum absolute atomic E-state index is 9.69. The van der Waals surface area contributed by atoms with Gasteiger partial charge in [-0.2, -0.15) is 5.26 Å². The number of aromatic nitrogens is 2. The van der Waals surface area contributed by atoms with Crippen molar-refractivity contribution < 1.29 is 4.74 Å². The van der Waals surface area contributed by atoms with Crippen LogP contribution >= 0.6 is 68.4 Å². The number of rotatable bonds is 5. The molecule has 0 saturated heterocycles. The van der Waals surface area contributed by atoms with E-state index in [0.717, 1.165) is 35.1 Å². The molecule has 4 nitrogen and oxygen atoms in total. The number of para-hydroxylation sites is 2. The third kappa shape index (κ3) is 5.17. The Morgan fingerprint density at radius 1 is 1.10 bits per heavy atom. The van der Waals surface area contributed by atoms with Crippen LogP contribution in [0.5, 0.6) is 5.75 Å². The van der Waals surface area contributed by atoms with Gasteiger partial charge in [-0.1, -0.05) is 41.4 Å². The Labute approximate surface area is 216 Å². The van der Waals surface area contributed by atoms with Gasteiger partial charge in [0.05, 0.1) is 23.7 Å². The van der Waals surface area contributed by atoms with Crippen LogP contribution in [0.1, 0.15) is 17.0 Å². The van der Waals surface area contributed by atoms with E-state index in [9.17, 15) is 5.26 Å². The monoisotopic (exact) mass is 671 g/mol. The summed E-state index contributed by atoms with van der Waals surface area (Å²) in [7, 11) is 0. The van der Waals surface area contributed by atoms with Crippen LogP contribution in [0.3, 0.4) is 0 Å². The molecule has 0 saturated carbocycles. The number of halogens is 4. The minimum absolute atomic E-state index is 0.333. The lowest BCUT2D eigenvalue weighted by atomic mass is 10.1. The first-order chi connectivity index (χ1) is 14.9. The second kappa shape index (κ2) is 9.77. The minimum atomic E-state index is 0.333. The number of nitrogens with one attached hydrogen (secondary N) is 1. The molecule has 0 radical (unpaired) electrons. The van der Waals surface area contributed by atoms with E-state index in [1.54, 1.807) is 12.1 Å². The fourth-order valence-electron chi connectivity index (χ4n) is 2.99. The molecule has 1 N–H and O–H groups in total. The Bertz CT molecular complexity index is 1300. The predicted molar refractivity (Wildman–Crippen MR) is 142 cm³/mol. The first-order valence-electron chi connectivity index (χ1n) is 9.07. The van der Waals surface area contributed by atoms with Crippen molar-refractivity contribution in [3.63, 3.8) is 0 Å². The van der Waals surface area contributed by atoms with E-state index in [1.807, 2.05) is 48.5 Å². The molecule has 0 aliphatic heterocycles. The fraction of sp³-hybridized carbons (Fsp3) is 0.0435. The van der Waals surface area contributed by atoms with Gasteiger partial charge in [-0.05, 0) is 93.2 Å². The quantitative estimate of drug-likeness (QED) is 0.175. The second-order valence-corrected chi connectivity index (χ2v) is 9.78. The van der Waals surface area contributed by atoms with Gasteiger partial charge in [0, 0.05) is 15.6 Å². The molecule has 0 aliphatic carbocycles. The van der Waals surface area contributed by atoms with Crippen LogP contribution in [-0.2, 0) is 6.61 Å². The topological polar surface area (TPSA) is 61.7 Å². The van der Waals surface area contributed by atoms with E-state index in [-0.39, 0.29) is 0 Å². The number of ether oxygens (including phenoxy) is 1. The first-order valence-corrected chi connectivity index (χ1v) is 12.0. The number of benzene rings is 3. The van der Waals surface area contributed by atoms with Gasteiger partial charge in [0.25, 0.3) is 0 Å². The Morgan fingerprint density at radius 3 is 2.52 bits per heavy atom. The van der Waals surface area contributed by atoms with E-state index >= 15 is 0 Å². The zero-order valence-electron chi connectivity index (χ0n) is 15.8. The number of aromatic amines is 1. The molecule has 4 aromatic rings. The standard InChI is InChI=1S/C23H13Cl2I2N3O/c24-16-6-5-14(17(25)10-16)12-31-22-18(26)8-13(9-19(22)27)7-15(11-28)23-29-20-3-1-2-4-21(20)30-23/h1-10H,12H2,(H,29,30)/b15-7-. The molecule has 0 amide bonds. The third-order valence-electron chi connectivity index (χ3n) is 4.48. The van der Waals surface area contributed by atoms with Gasteiger partial charge < -0.3 is 9.72 Å². The highest BCUT2D eigenvalue weighted by Gasteiger charge is 2.12. The van der Waals surface area contributed by atoms with Crippen molar-refractivity contribution >= 4 is 91.1 Å². The molecule has 0 atom stereocenters. The summed E-state index contributed by atoms with van der Waals surface area (Å²) in [5.74, 6) is 1.32. The molecule has 0 spiro atoms. The normalized spacial score (nSPS) is 11.5. The molecular formula is C23H13Cl2I2N3O. The Morgan fingerprint density at radius 2 is 1.84 bits per heavy atom. The fourth-order valence-corrected chi connectivity index (χ4v) is 5.58. The Balaban J connectivity index is 1.60. The van der Waals surface area contributed by atoms with E-state index in [2.05, 4.69) is 61.2 Å². The van der Waals surface area contributed by atoms with Gasteiger partial charge in [0.15, 0.2) is 0 Å². The van der Waals surface area contributed by atoms with Crippen LogP contribution in [-0.4, -0.2) is 9.97 Å². The van der Waals surface area contributed by atoms with Gasteiger partial charge in [-0.15, -0.1) is 0 Å². The summed E-state index contributed by atoms with van der Waals surface area (Å²) in [5, 5.41) is 10.8. The van der Waals surface area contributed by atoms with Gasteiger partial charge in [-0.25, -0.2) is 4.98 Å². The lowest BCUT2D eigenvalue weighted by Gasteiger charge is -2.12. The summed E-state index contributed by atoms with van der Waals surface area (Å²) in [6.45, 7) is 0.333. The molecule has 4 rings (SSSR count). The lowest BCUT2D eigenvalue weighted by Crippen LogP contribution is -2.00. The number of nitrogens with zero attached hydrogens (tertiary/aromatic N) is 2. The SMILES string of the molecule is N#C/C(=C/c1cc(I)c(OCc2ccc(Cl)cc2Cl)c(I)c1)c1nc2ccccc2[nH]1. The summed E-state index contributed by atoms with van der Waals surface area (Å²) in [6, 6.07) is 19.2. The van der Waals surface area contributed by atoms with Crippen molar-refractivity contribution in [3.8, 4) is 11.8 Å². The van der Waals surface area contributed by atoms with Gasteiger partial charge in [0.1, 0.15) is 24.3 Å². The lowest BCUT2D eigenvalue weighted by molar-refractivity contribution is 0.302. The smallest absolute Gasteiger partial charge is 0.149 e. The molecule has 1 aromatic heterocycles. The van der Waals surface area contributed by atoms with Gasteiger partial charge >= 0.3 is 0 Å². The largest absolute Gasteiger partial charge is 0.487 e. The summed E-state index contributed by atoms with van der Waals surface area (Å²) in [4.78, 5) is 7.73. The number of hydrogen-bond acceptors (Lipinski definition) is 3. The predicted octanol–water partition coefficient (Wildman–Crippen LogP) is 7.72. The van der Waals surface area contributed by atoms with Crippen molar-refractivity contribution in [3.05, 3.63) is 88.7 Å². The Kier molecular flexibility index (Phi) is 7.06. The number of imidazole rings is 1. The van der Waals surface area contributed by atoms with Crippen LogP contribution in [0.4, 0.5) is 0 Å². The molecule has 154 valence electrons. The number of nitriles is 1. The summed E-state index contributed by atoms with van der Waals surface area (Å²) in [5.41, 5.74) is 3.94. The van der Waals surface area contributed by atoms with Crippen molar-refractivity contribution in [1.29, 1.82) is 5.26 Å². The van der Waals surface area contributed by atoms with Crippen LogP contribution in [0.15, 0.2) is 54.6 Å². The number of H-pyrrole nitrogens is 1. The first kappa shape index (κ1) is 22.4. The average Bonchev–Trinajstić information content (AvgIpc) is 3.16. The van der Waals surface area contributed by atoms with Crippen LogP contribution in [0, 0.1) is 18.5 Å². The number of allylic oxidation sites excluding steroid dienone is 1. The van der Waals surface area contributed by atoms with E-state index in [4.69, 9.17) is 27.9 Å². The molecule has 0 unspecified atom stereocenters. The molecule has 31 heavy (non-hydrogen) atoms. The number of fused-ring (bicyclic) bond motifs is 1. The minimum Gasteiger partial charge on any atom is -0.487 e. The zero-order valence-corrected chi connectivity index (χ0v) is 21.6. The summed E-state index contributed by atoms with van der Waals surface area (Å²) < 4.78 is 7.90. The highest BCUT2D eigenvalue weighted by molar-refractivity contribution is 14.1. The van der Waals surface area contributed by atoms with E-state index < -0.39 is 0 Å². The summed E-state index contributed by atoms with van der Waals surface area (Å²) >= 11 is 16.7. The summed E-state index contributed by atoms with van der Waals surface area (Å²) in [6.07, 6.45) is 1.82. The highest BCUT2D eigenvalue weighted by atomic mass is 127. The molecule has 0 bridgehead atoms. The van der Waals surface area contributed by atoms with Crippen LogP contribution in [0.25, 0.3) is 22.7 Å². The van der Waals surface area contributed by atoms with Crippen molar-refractivity contribution in [2.45, 2.75) is 6.61 Å². The van der Waals surface area contributed by atoms with Gasteiger partial charge in [0.2, 0.25) is 0 Å². The number of hydrogen-bond donors (Lipinski definition) is 1.